The first kappa shape index (κ1) is 17.8. The van der Waals surface area contributed by atoms with Crippen molar-refractivity contribution in [3.8, 4) is 0 Å². The van der Waals surface area contributed by atoms with E-state index in [1.54, 1.807) is 0 Å². The van der Waals surface area contributed by atoms with E-state index in [9.17, 15) is 27.6 Å². The Labute approximate surface area is 135 Å². The predicted molar refractivity (Wildman–Crippen MR) is 75.6 cm³/mol. The van der Waals surface area contributed by atoms with Gasteiger partial charge in [-0.15, -0.1) is 0 Å². The summed E-state index contributed by atoms with van der Waals surface area (Å²) in [6, 6.07) is 3.62. The van der Waals surface area contributed by atoms with Crippen molar-refractivity contribution in [3.63, 3.8) is 0 Å². The van der Waals surface area contributed by atoms with Crippen LogP contribution in [0.15, 0.2) is 24.3 Å². The number of alkyl halides is 3. The number of amides is 3. The lowest BCUT2D eigenvalue weighted by Crippen LogP contribution is -2.41. The van der Waals surface area contributed by atoms with Crippen molar-refractivity contribution >= 4 is 17.9 Å². The largest absolute Gasteiger partial charge is 0.459 e. The Morgan fingerprint density at radius 3 is 2.50 bits per heavy atom. The number of rotatable bonds is 4. The van der Waals surface area contributed by atoms with Gasteiger partial charge in [-0.05, 0) is 31.5 Å². The predicted octanol–water partition coefficient (Wildman–Crippen LogP) is 2.08. The SMILES string of the molecule is CC1(C)NC(=O)N(CC(=O)OCc2cccc(C(F)(F)F)c2)C1=O. The fourth-order valence-electron chi connectivity index (χ4n) is 2.14. The van der Waals surface area contributed by atoms with Gasteiger partial charge in [0.2, 0.25) is 0 Å². The maximum atomic E-state index is 12.6. The topological polar surface area (TPSA) is 75.7 Å². The van der Waals surface area contributed by atoms with Gasteiger partial charge in [0.15, 0.2) is 0 Å². The molecular formula is C15H15F3N2O4. The molecule has 0 radical (unpaired) electrons. The van der Waals surface area contributed by atoms with Crippen LogP contribution in [0.2, 0.25) is 0 Å². The maximum absolute atomic E-state index is 12.6. The molecule has 0 saturated carbocycles. The molecule has 0 aromatic heterocycles. The molecule has 1 saturated heterocycles. The number of imide groups is 1. The van der Waals surface area contributed by atoms with Crippen LogP contribution in [-0.4, -0.2) is 34.9 Å². The van der Waals surface area contributed by atoms with Crippen molar-refractivity contribution in [2.75, 3.05) is 6.54 Å². The summed E-state index contributed by atoms with van der Waals surface area (Å²) in [5.41, 5.74) is -1.82. The summed E-state index contributed by atoms with van der Waals surface area (Å²) >= 11 is 0. The fraction of sp³-hybridized carbons (Fsp3) is 0.400. The molecule has 0 bridgehead atoms. The lowest BCUT2D eigenvalue weighted by atomic mass is 10.1. The van der Waals surface area contributed by atoms with Gasteiger partial charge in [0, 0.05) is 0 Å². The summed E-state index contributed by atoms with van der Waals surface area (Å²) in [6.07, 6.45) is -4.49. The molecule has 1 aliphatic heterocycles. The van der Waals surface area contributed by atoms with Gasteiger partial charge in [-0.1, -0.05) is 12.1 Å². The van der Waals surface area contributed by atoms with Gasteiger partial charge >= 0.3 is 18.2 Å². The van der Waals surface area contributed by atoms with Crippen LogP contribution in [0.3, 0.4) is 0 Å². The quantitative estimate of drug-likeness (QED) is 0.670. The number of urea groups is 1. The van der Waals surface area contributed by atoms with Crippen LogP contribution in [-0.2, 0) is 27.1 Å². The number of nitrogens with zero attached hydrogens (tertiary/aromatic N) is 1. The van der Waals surface area contributed by atoms with Crippen LogP contribution in [0.25, 0.3) is 0 Å². The molecule has 3 amide bonds. The Morgan fingerprint density at radius 2 is 1.96 bits per heavy atom. The Morgan fingerprint density at radius 1 is 1.29 bits per heavy atom. The highest BCUT2D eigenvalue weighted by molar-refractivity contribution is 6.08. The molecule has 24 heavy (non-hydrogen) atoms. The molecule has 1 N–H and O–H groups in total. The molecule has 1 heterocycles. The Kier molecular flexibility index (Phi) is 4.54. The van der Waals surface area contributed by atoms with E-state index in [-0.39, 0.29) is 5.56 Å². The van der Waals surface area contributed by atoms with E-state index in [0.29, 0.717) is 4.90 Å². The average Bonchev–Trinajstić information content (AvgIpc) is 2.66. The van der Waals surface area contributed by atoms with Crippen LogP contribution >= 0.6 is 0 Å². The standard InChI is InChI=1S/C15H15F3N2O4/c1-14(2)12(22)20(13(23)19-14)7-11(21)24-8-9-4-3-5-10(6-9)15(16,17)18/h3-6H,7-8H2,1-2H3,(H,19,23). The van der Waals surface area contributed by atoms with Crippen LogP contribution in [0, 0.1) is 0 Å². The van der Waals surface area contributed by atoms with Crippen molar-refractivity contribution < 1.29 is 32.3 Å². The van der Waals surface area contributed by atoms with E-state index in [1.165, 1.54) is 26.0 Å². The lowest BCUT2D eigenvalue weighted by Gasteiger charge is -2.15. The highest BCUT2D eigenvalue weighted by Crippen LogP contribution is 2.29. The second kappa shape index (κ2) is 6.14. The normalized spacial score (nSPS) is 17.0. The van der Waals surface area contributed by atoms with E-state index < -0.39 is 48.3 Å². The molecule has 1 aliphatic rings. The Balaban J connectivity index is 1.95. The zero-order valence-electron chi connectivity index (χ0n) is 12.9. The van der Waals surface area contributed by atoms with E-state index in [1.807, 2.05) is 0 Å². The minimum atomic E-state index is -4.49. The molecule has 9 heteroatoms. The molecule has 1 aromatic carbocycles. The molecule has 130 valence electrons. The fourth-order valence-corrected chi connectivity index (χ4v) is 2.14. The second-order valence-corrected chi connectivity index (χ2v) is 5.81. The van der Waals surface area contributed by atoms with Gasteiger partial charge in [-0.3, -0.25) is 14.5 Å². The van der Waals surface area contributed by atoms with Gasteiger partial charge in [0.05, 0.1) is 5.56 Å². The first-order valence-electron chi connectivity index (χ1n) is 6.96. The minimum absolute atomic E-state index is 0.149. The Hall–Kier alpha value is -2.58. The van der Waals surface area contributed by atoms with Crippen molar-refractivity contribution in [1.29, 1.82) is 0 Å². The number of esters is 1. The van der Waals surface area contributed by atoms with Crippen LogP contribution in [0.5, 0.6) is 0 Å². The highest BCUT2D eigenvalue weighted by Gasteiger charge is 2.45. The summed E-state index contributed by atoms with van der Waals surface area (Å²) in [5, 5.41) is 2.40. The lowest BCUT2D eigenvalue weighted by molar-refractivity contribution is -0.148. The smallest absolute Gasteiger partial charge is 0.416 e. The van der Waals surface area contributed by atoms with Gasteiger partial charge in [-0.2, -0.15) is 13.2 Å². The molecule has 6 nitrogen and oxygen atoms in total. The molecule has 0 atom stereocenters. The summed E-state index contributed by atoms with van der Waals surface area (Å²) in [6.45, 7) is 1.98. The zero-order chi connectivity index (χ0) is 18.1. The third-order valence-corrected chi connectivity index (χ3v) is 3.39. The van der Waals surface area contributed by atoms with E-state index in [4.69, 9.17) is 4.74 Å². The number of benzene rings is 1. The molecule has 2 rings (SSSR count). The van der Waals surface area contributed by atoms with Crippen molar-refractivity contribution in [1.82, 2.24) is 10.2 Å². The van der Waals surface area contributed by atoms with Gasteiger partial charge < -0.3 is 10.1 Å². The van der Waals surface area contributed by atoms with E-state index in [0.717, 1.165) is 12.1 Å². The van der Waals surface area contributed by atoms with Crippen LogP contribution in [0.4, 0.5) is 18.0 Å². The summed E-state index contributed by atoms with van der Waals surface area (Å²) in [7, 11) is 0. The molecule has 0 unspecified atom stereocenters. The number of ether oxygens (including phenoxy) is 1. The number of nitrogens with one attached hydrogen (secondary N) is 1. The zero-order valence-corrected chi connectivity index (χ0v) is 12.9. The second-order valence-electron chi connectivity index (χ2n) is 5.81. The number of carbonyl (C=O) groups is 3. The third-order valence-electron chi connectivity index (χ3n) is 3.39. The molecule has 0 spiro atoms. The minimum Gasteiger partial charge on any atom is -0.459 e. The Bertz CT molecular complexity index is 686. The van der Waals surface area contributed by atoms with Gasteiger partial charge in [0.1, 0.15) is 18.7 Å². The van der Waals surface area contributed by atoms with Gasteiger partial charge in [-0.25, -0.2) is 4.79 Å². The first-order valence-corrected chi connectivity index (χ1v) is 6.96. The monoisotopic (exact) mass is 344 g/mol. The van der Waals surface area contributed by atoms with Crippen molar-refractivity contribution in [2.45, 2.75) is 32.2 Å². The molecule has 0 aliphatic carbocycles. The number of halogens is 3. The third kappa shape index (κ3) is 3.84. The summed E-state index contributed by atoms with van der Waals surface area (Å²) in [5.74, 6) is -1.47. The van der Waals surface area contributed by atoms with E-state index >= 15 is 0 Å². The van der Waals surface area contributed by atoms with Crippen LogP contribution in [0.1, 0.15) is 25.0 Å². The van der Waals surface area contributed by atoms with Crippen molar-refractivity contribution in [3.05, 3.63) is 35.4 Å². The molecule has 1 fully saturated rings. The first-order chi connectivity index (χ1) is 11.0. The molecular weight excluding hydrogens is 329 g/mol. The average molecular weight is 344 g/mol. The maximum Gasteiger partial charge on any atom is 0.416 e. The number of carbonyl (C=O) groups excluding carboxylic acids is 3. The van der Waals surface area contributed by atoms with Gasteiger partial charge in [0.25, 0.3) is 5.91 Å². The highest BCUT2D eigenvalue weighted by atomic mass is 19.4. The number of hydrogen-bond acceptors (Lipinski definition) is 4. The summed E-state index contributed by atoms with van der Waals surface area (Å²) in [4.78, 5) is 36.0. The van der Waals surface area contributed by atoms with E-state index in [2.05, 4.69) is 5.32 Å². The number of hydrogen-bond donors (Lipinski definition) is 1. The molecule has 1 aromatic rings. The van der Waals surface area contributed by atoms with Crippen LogP contribution < -0.4 is 5.32 Å². The summed E-state index contributed by atoms with van der Waals surface area (Å²) < 4.78 is 42.6. The van der Waals surface area contributed by atoms with Crippen molar-refractivity contribution in [2.24, 2.45) is 0 Å².